The van der Waals surface area contributed by atoms with E-state index >= 15 is 0 Å². The summed E-state index contributed by atoms with van der Waals surface area (Å²) in [5.74, 6) is -0.920. The number of pyridine rings is 1. The van der Waals surface area contributed by atoms with E-state index in [0.717, 1.165) is 0 Å². The lowest BCUT2D eigenvalue weighted by molar-refractivity contribution is -0.147. The number of rotatable bonds is 5. The maximum atomic E-state index is 13.5. The lowest BCUT2D eigenvalue weighted by atomic mass is 9.76. The maximum absolute atomic E-state index is 13.5. The van der Waals surface area contributed by atoms with E-state index in [-0.39, 0.29) is 13.0 Å². The minimum Gasteiger partial charge on any atom is -0.468 e. The lowest BCUT2D eigenvalue weighted by Gasteiger charge is -2.30. The molecule has 2 aromatic rings. The van der Waals surface area contributed by atoms with Gasteiger partial charge in [0.15, 0.2) is 0 Å². The van der Waals surface area contributed by atoms with Crippen LogP contribution in [0.3, 0.4) is 0 Å². The predicted molar refractivity (Wildman–Crippen MR) is 77.1 cm³/mol. The van der Waals surface area contributed by atoms with Crippen molar-refractivity contribution in [1.82, 2.24) is 4.98 Å². The van der Waals surface area contributed by atoms with Crippen molar-refractivity contribution >= 4 is 5.97 Å². The van der Waals surface area contributed by atoms with E-state index in [1.807, 2.05) is 6.07 Å². The van der Waals surface area contributed by atoms with Crippen molar-refractivity contribution in [1.29, 1.82) is 0 Å². The minimum atomic E-state index is -1.15. The second-order valence-electron chi connectivity index (χ2n) is 4.79. The smallest absolute Gasteiger partial charge is 0.317 e. The van der Waals surface area contributed by atoms with Crippen molar-refractivity contribution in [3.63, 3.8) is 0 Å². The molecule has 1 aromatic heterocycles. The van der Waals surface area contributed by atoms with Gasteiger partial charge < -0.3 is 10.5 Å². The molecule has 0 spiro atoms. The minimum absolute atomic E-state index is 0.000297. The summed E-state index contributed by atoms with van der Waals surface area (Å²) < 4.78 is 18.4. The second-order valence-corrected chi connectivity index (χ2v) is 4.79. The normalized spacial score (nSPS) is 13.5. The predicted octanol–water partition coefficient (Wildman–Crippen LogP) is 1.83. The zero-order chi connectivity index (χ0) is 15.3. The van der Waals surface area contributed by atoms with E-state index in [9.17, 15) is 9.18 Å². The van der Waals surface area contributed by atoms with Crippen molar-refractivity contribution in [2.45, 2.75) is 11.8 Å². The van der Waals surface area contributed by atoms with Crippen molar-refractivity contribution in [2.75, 3.05) is 13.7 Å². The van der Waals surface area contributed by atoms with Crippen LogP contribution in [0.25, 0.3) is 0 Å². The van der Waals surface area contributed by atoms with Gasteiger partial charge in [-0.25, -0.2) is 4.39 Å². The summed E-state index contributed by atoms with van der Waals surface area (Å²) in [4.78, 5) is 16.5. The van der Waals surface area contributed by atoms with E-state index in [4.69, 9.17) is 10.5 Å². The number of carbonyl (C=O) groups excluding carboxylic acids is 1. The summed E-state index contributed by atoms with van der Waals surface area (Å²) in [5, 5.41) is 0. The Morgan fingerprint density at radius 3 is 2.71 bits per heavy atom. The highest BCUT2D eigenvalue weighted by atomic mass is 19.1. The van der Waals surface area contributed by atoms with Crippen LogP contribution in [-0.2, 0) is 21.4 Å². The fraction of sp³-hybridized carbons (Fsp3) is 0.250. The molecule has 0 aliphatic heterocycles. The number of ether oxygens (including phenoxy) is 1. The Balaban J connectivity index is 2.50. The number of halogens is 1. The summed E-state index contributed by atoms with van der Waals surface area (Å²) in [6.45, 7) is -0.000297. The molecule has 21 heavy (non-hydrogen) atoms. The summed E-state index contributed by atoms with van der Waals surface area (Å²) in [7, 11) is 1.30. The Kier molecular flexibility index (Phi) is 4.65. The third-order valence-electron chi connectivity index (χ3n) is 3.51. The second kappa shape index (κ2) is 6.45. The van der Waals surface area contributed by atoms with Gasteiger partial charge in [-0.05, 0) is 29.8 Å². The van der Waals surface area contributed by atoms with Crippen molar-refractivity contribution in [3.8, 4) is 0 Å². The molecule has 0 bridgehead atoms. The van der Waals surface area contributed by atoms with Gasteiger partial charge in [-0.2, -0.15) is 0 Å². The first-order valence-corrected chi connectivity index (χ1v) is 6.57. The molecule has 0 aliphatic rings. The quantitative estimate of drug-likeness (QED) is 0.853. The molecule has 0 aliphatic carbocycles. The Labute approximate surface area is 122 Å². The molecular formula is C16H17FN2O2. The Bertz CT molecular complexity index is 619. The molecule has 0 saturated heterocycles. The topological polar surface area (TPSA) is 65.2 Å². The Morgan fingerprint density at radius 2 is 2.14 bits per heavy atom. The van der Waals surface area contributed by atoms with E-state index in [2.05, 4.69) is 4.98 Å². The fourth-order valence-electron chi connectivity index (χ4n) is 2.36. The van der Waals surface area contributed by atoms with Gasteiger partial charge in [-0.1, -0.05) is 18.2 Å². The van der Waals surface area contributed by atoms with Crippen LogP contribution in [0, 0.1) is 5.82 Å². The summed E-state index contributed by atoms with van der Waals surface area (Å²) in [5.41, 5.74) is 5.90. The van der Waals surface area contributed by atoms with Gasteiger partial charge in [0.05, 0.1) is 7.11 Å². The van der Waals surface area contributed by atoms with Crippen LogP contribution >= 0.6 is 0 Å². The highest BCUT2D eigenvalue weighted by Crippen LogP contribution is 2.29. The molecule has 2 rings (SSSR count). The molecule has 1 atom stereocenters. The molecule has 0 fully saturated rings. The largest absolute Gasteiger partial charge is 0.468 e. The van der Waals surface area contributed by atoms with E-state index in [0.29, 0.717) is 11.3 Å². The van der Waals surface area contributed by atoms with Crippen LogP contribution in [-0.4, -0.2) is 24.6 Å². The summed E-state index contributed by atoms with van der Waals surface area (Å²) in [6, 6.07) is 11.3. The third-order valence-corrected chi connectivity index (χ3v) is 3.51. The van der Waals surface area contributed by atoms with Crippen LogP contribution in [0.5, 0.6) is 0 Å². The molecule has 4 nitrogen and oxygen atoms in total. The molecular weight excluding hydrogens is 271 g/mol. The summed E-state index contributed by atoms with van der Waals surface area (Å²) in [6.07, 6.45) is 1.89. The van der Waals surface area contributed by atoms with E-state index < -0.39 is 17.2 Å². The van der Waals surface area contributed by atoms with Gasteiger partial charge >= 0.3 is 5.97 Å². The van der Waals surface area contributed by atoms with Crippen LogP contribution in [0.4, 0.5) is 4.39 Å². The van der Waals surface area contributed by atoms with Gasteiger partial charge in [-0.3, -0.25) is 9.78 Å². The molecule has 2 N–H and O–H groups in total. The first kappa shape index (κ1) is 15.1. The number of carbonyl (C=O) groups is 1. The molecule has 5 heteroatoms. The maximum Gasteiger partial charge on any atom is 0.317 e. The Morgan fingerprint density at radius 1 is 1.33 bits per heavy atom. The molecule has 0 radical (unpaired) electrons. The molecule has 0 saturated carbocycles. The van der Waals surface area contributed by atoms with E-state index in [1.54, 1.807) is 30.5 Å². The number of aromatic nitrogens is 1. The highest BCUT2D eigenvalue weighted by Gasteiger charge is 2.41. The SMILES string of the molecule is COC(=O)C(CN)(Cc1ccccn1)c1cccc(F)c1. The number of esters is 1. The molecule has 1 heterocycles. The zero-order valence-electron chi connectivity index (χ0n) is 11.8. The van der Waals surface area contributed by atoms with Gasteiger partial charge in [0.25, 0.3) is 0 Å². The van der Waals surface area contributed by atoms with Crippen LogP contribution in [0.15, 0.2) is 48.7 Å². The lowest BCUT2D eigenvalue weighted by Crippen LogP contribution is -2.46. The van der Waals surface area contributed by atoms with Crippen LogP contribution in [0.2, 0.25) is 0 Å². The van der Waals surface area contributed by atoms with Crippen molar-refractivity contribution in [2.24, 2.45) is 5.73 Å². The average Bonchev–Trinajstić information content (AvgIpc) is 2.53. The highest BCUT2D eigenvalue weighted by molar-refractivity contribution is 5.84. The molecule has 110 valence electrons. The van der Waals surface area contributed by atoms with Crippen molar-refractivity contribution in [3.05, 3.63) is 65.7 Å². The number of benzene rings is 1. The summed E-state index contributed by atoms with van der Waals surface area (Å²) >= 11 is 0. The average molecular weight is 288 g/mol. The van der Waals surface area contributed by atoms with Gasteiger partial charge in [-0.15, -0.1) is 0 Å². The molecule has 1 aromatic carbocycles. The fourth-order valence-corrected chi connectivity index (χ4v) is 2.36. The van der Waals surface area contributed by atoms with E-state index in [1.165, 1.54) is 19.2 Å². The third kappa shape index (κ3) is 3.08. The molecule has 0 amide bonds. The standard InChI is InChI=1S/C16H17FN2O2/c1-21-15(20)16(11-18,10-14-7-2-3-8-19-14)12-5-4-6-13(17)9-12/h2-9H,10-11,18H2,1H3. The van der Waals surface area contributed by atoms with Crippen LogP contribution in [0.1, 0.15) is 11.3 Å². The number of methoxy groups -OCH3 is 1. The van der Waals surface area contributed by atoms with Gasteiger partial charge in [0.2, 0.25) is 0 Å². The van der Waals surface area contributed by atoms with Gasteiger partial charge in [0.1, 0.15) is 11.2 Å². The van der Waals surface area contributed by atoms with Crippen molar-refractivity contribution < 1.29 is 13.9 Å². The number of hydrogen-bond donors (Lipinski definition) is 1. The van der Waals surface area contributed by atoms with Gasteiger partial charge in [0, 0.05) is 24.9 Å². The zero-order valence-corrected chi connectivity index (χ0v) is 11.8. The number of hydrogen-bond acceptors (Lipinski definition) is 4. The number of nitrogens with zero attached hydrogens (tertiary/aromatic N) is 1. The first-order chi connectivity index (χ1) is 10.1. The Hall–Kier alpha value is -2.27. The monoisotopic (exact) mass is 288 g/mol. The first-order valence-electron chi connectivity index (χ1n) is 6.57. The number of nitrogens with two attached hydrogens (primary N) is 1. The van der Waals surface area contributed by atoms with Crippen LogP contribution < -0.4 is 5.73 Å². The molecule has 1 unspecified atom stereocenters.